The molecule has 2 nitrogen and oxygen atoms in total. The first-order valence-electron chi connectivity index (χ1n) is 5.73. The Morgan fingerprint density at radius 3 is 2.94 bits per heavy atom. The predicted molar refractivity (Wildman–Crippen MR) is 69.5 cm³/mol. The van der Waals surface area contributed by atoms with Crippen molar-refractivity contribution in [1.29, 1.82) is 5.26 Å². The lowest BCUT2D eigenvalue weighted by molar-refractivity contribution is 0.319. The summed E-state index contributed by atoms with van der Waals surface area (Å²) in [6, 6.07) is 4.38. The van der Waals surface area contributed by atoms with Gasteiger partial charge in [0.05, 0.1) is 6.07 Å². The summed E-state index contributed by atoms with van der Waals surface area (Å²) in [6.45, 7) is 6.43. The Balaban J connectivity index is 2.12. The Kier molecular flexibility index (Phi) is 5.51. The van der Waals surface area contributed by atoms with Crippen LogP contribution >= 0.6 is 11.3 Å². The topological polar surface area (TPSA) is 35.8 Å². The highest BCUT2D eigenvalue weighted by Gasteiger charge is 2.16. The first kappa shape index (κ1) is 13.2. The summed E-state index contributed by atoms with van der Waals surface area (Å²) < 4.78 is 0. The molecule has 0 amide bonds. The molecule has 0 aliphatic carbocycles. The van der Waals surface area contributed by atoms with E-state index in [1.807, 2.05) is 0 Å². The second kappa shape index (κ2) is 6.67. The summed E-state index contributed by atoms with van der Waals surface area (Å²) in [5.74, 6) is 0. The molecule has 0 spiro atoms. The smallest absolute Gasteiger partial charge is 0.0621 e. The minimum Gasteiger partial charge on any atom is -0.316 e. The second-order valence-corrected chi connectivity index (χ2v) is 5.66. The standard InChI is InChI=1S/C13H20N2S/c1-13(2,6-3-7-14)11-15-8-4-12-5-9-16-10-12/h5,9-10,15H,3-4,6,8,11H2,1-2H3. The van der Waals surface area contributed by atoms with Crippen molar-refractivity contribution in [3.8, 4) is 6.07 Å². The van der Waals surface area contributed by atoms with Gasteiger partial charge in [-0.1, -0.05) is 13.8 Å². The fourth-order valence-electron chi connectivity index (χ4n) is 1.58. The molecule has 0 fully saturated rings. The lowest BCUT2D eigenvalue weighted by Gasteiger charge is -2.23. The third kappa shape index (κ3) is 5.29. The Morgan fingerprint density at radius 1 is 1.50 bits per heavy atom. The lowest BCUT2D eigenvalue weighted by atomic mass is 9.88. The zero-order chi connectivity index (χ0) is 11.9. The summed E-state index contributed by atoms with van der Waals surface area (Å²) in [5, 5.41) is 16.3. The van der Waals surface area contributed by atoms with Gasteiger partial charge < -0.3 is 5.32 Å². The normalized spacial score (nSPS) is 11.3. The van der Waals surface area contributed by atoms with Crippen LogP contribution in [0.1, 0.15) is 32.3 Å². The molecule has 88 valence electrons. The number of nitrogens with one attached hydrogen (secondary N) is 1. The predicted octanol–water partition coefficient (Wildman–Crippen LogP) is 3.21. The van der Waals surface area contributed by atoms with E-state index < -0.39 is 0 Å². The molecule has 1 rings (SSSR count). The van der Waals surface area contributed by atoms with Crippen LogP contribution in [0.3, 0.4) is 0 Å². The van der Waals surface area contributed by atoms with E-state index in [2.05, 4.69) is 42.1 Å². The Labute approximate surface area is 102 Å². The van der Waals surface area contributed by atoms with E-state index in [0.29, 0.717) is 6.42 Å². The molecule has 1 aromatic heterocycles. The molecule has 0 radical (unpaired) electrons. The molecule has 16 heavy (non-hydrogen) atoms. The van der Waals surface area contributed by atoms with Crippen LogP contribution < -0.4 is 5.32 Å². The highest BCUT2D eigenvalue weighted by Crippen LogP contribution is 2.20. The molecule has 1 heterocycles. The molecule has 0 saturated heterocycles. The van der Waals surface area contributed by atoms with Crippen molar-refractivity contribution in [1.82, 2.24) is 5.32 Å². The van der Waals surface area contributed by atoms with Gasteiger partial charge in [0.2, 0.25) is 0 Å². The largest absolute Gasteiger partial charge is 0.316 e. The van der Waals surface area contributed by atoms with E-state index in [4.69, 9.17) is 5.26 Å². The molecule has 1 N–H and O–H groups in total. The van der Waals surface area contributed by atoms with Crippen molar-refractivity contribution >= 4 is 11.3 Å². The van der Waals surface area contributed by atoms with Gasteiger partial charge in [-0.25, -0.2) is 0 Å². The molecule has 0 aliphatic heterocycles. The zero-order valence-electron chi connectivity index (χ0n) is 10.1. The van der Waals surface area contributed by atoms with Crippen LogP contribution in [0, 0.1) is 16.7 Å². The Morgan fingerprint density at radius 2 is 2.31 bits per heavy atom. The molecule has 0 aromatic carbocycles. The number of nitrogens with zero attached hydrogens (tertiary/aromatic N) is 1. The van der Waals surface area contributed by atoms with Crippen molar-refractivity contribution in [3.63, 3.8) is 0 Å². The molecular weight excluding hydrogens is 216 g/mol. The van der Waals surface area contributed by atoms with Gasteiger partial charge in [0.15, 0.2) is 0 Å². The highest BCUT2D eigenvalue weighted by molar-refractivity contribution is 7.07. The molecule has 3 heteroatoms. The number of hydrogen-bond donors (Lipinski definition) is 1. The van der Waals surface area contributed by atoms with Crippen LogP contribution in [0.25, 0.3) is 0 Å². The maximum absolute atomic E-state index is 8.56. The van der Waals surface area contributed by atoms with E-state index in [1.165, 1.54) is 5.56 Å². The molecule has 0 bridgehead atoms. The summed E-state index contributed by atoms with van der Waals surface area (Å²) in [7, 11) is 0. The van der Waals surface area contributed by atoms with Crippen molar-refractivity contribution in [3.05, 3.63) is 22.4 Å². The quantitative estimate of drug-likeness (QED) is 0.738. The molecule has 0 atom stereocenters. The van der Waals surface area contributed by atoms with Gasteiger partial charge in [0.1, 0.15) is 0 Å². The van der Waals surface area contributed by atoms with E-state index in [1.54, 1.807) is 11.3 Å². The number of rotatable bonds is 7. The van der Waals surface area contributed by atoms with Gasteiger partial charge in [-0.15, -0.1) is 0 Å². The molecule has 0 aliphatic rings. The fourth-order valence-corrected chi connectivity index (χ4v) is 2.28. The van der Waals surface area contributed by atoms with E-state index >= 15 is 0 Å². The maximum Gasteiger partial charge on any atom is 0.0621 e. The zero-order valence-corrected chi connectivity index (χ0v) is 10.9. The molecule has 1 aromatic rings. The third-order valence-electron chi connectivity index (χ3n) is 2.69. The summed E-state index contributed by atoms with van der Waals surface area (Å²) in [5.41, 5.74) is 1.64. The monoisotopic (exact) mass is 236 g/mol. The Hall–Kier alpha value is -0.850. The second-order valence-electron chi connectivity index (χ2n) is 4.88. The van der Waals surface area contributed by atoms with E-state index in [-0.39, 0.29) is 5.41 Å². The van der Waals surface area contributed by atoms with E-state index in [9.17, 15) is 0 Å². The van der Waals surface area contributed by atoms with Crippen molar-refractivity contribution in [2.45, 2.75) is 33.1 Å². The molecule has 0 unspecified atom stereocenters. The number of hydrogen-bond acceptors (Lipinski definition) is 3. The van der Waals surface area contributed by atoms with Gasteiger partial charge >= 0.3 is 0 Å². The first-order valence-corrected chi connectivity index (χ1v) is 6.67. The highest BCUT2D eigenvalue weighted by atomic mass is 32.1. The lowest BCUT2D eigenvalue weighted by Crippen LogP contribution is -2.30. The van der Waals surface area contributed by atoms with Gasteiger partial charge in [-0.3, -0.25) is 0 Å². The van der Waals surface area contributed by atoms with Gasteiger partial charge in [-0.2, -0.15) is 16.6 Å². The van der Waals surface area contributed by atoms with Crippen LogP contribution in [0.15, 0.2) is 16.8 Å². The molecular formula is C13H20N2S. The summed E-state index contributed by atoms with van der Waals surface area (Å²) in [6.07, 6.45) is 2.71. The van der Waals surface area contributed by atoms with Gasteiger partial charge in [0.25, 0.3) is 0 Å². The SMILES string of the molecule is CC(C)(CCC#N)CNCCc1ccsc1. The van der Waals surface area contributed by atoms with Crippen LogP contribution in [0.2, 0.25) is 0 Å². The number of thiophene rings is 1. The molecule has 0 saturated carbocycles. The minimum absolute atomic E-state index is 0.227. The maximum atomic E-state index is 8.56. The van der Waals surface area contributed by atoms with Crippen LogP contribution in [0.4, 0.5) is 0 Å². The van der Waals surface area contributed by atoms with Gasteiger partial charge in [-0.05, 0) is 47.2 Å². The van der Waals surface area contributed by atoms with Crippen molar-refractivity contribution in [2.75, 3.05) is 13.1 Å². The van der Waals surface area contributed by atoms with Crippen molar-refractivity contribution in [2.24, 2.45) is 5.41 Å². The Bertz CT molecular complexity index is 322. The average Bonchev–Trinajstić information content (AvgIpc) is 2.75. The summed E-state index contributed by atoms with van der Waals surface area (Å²) >= 11 is 1.75. The van der Waals surface area contributed by atoms with E-state index in [0.717, 1.165) is 25.9 Å². The average molecular weight is 236 g/mol. The third-order valence-corrected chi connectivity index (χ3v) is 3.42. The number of nitriles is 1. The first-order chi connectivity index (χ1) is 7.64. The summed E-state index contributed by atoms with van der Waals surface area (Å²) in [4.78, 5) is 0. The van der Waals surface area contributed by atoms with Crippen molar-refractivity contribution < 1.29 is 0 Å². The van der Waals surface area contributed by atoms with Crippen LogP contribution in [0.5, 0.6) is 0 Å². The van der Waals surface area contributed by atoms with Gasteiger partial charge in [0, 0.05) is 13.0 Å². The minimum atomic E-state index is 0.227. The van der Waals surface area contributed by atoms with Crippen LogP contribution in [-0.4, -0.2) is 13.1 Å². The van der Waals surface area contributed by atoms with Crippen LogP contribution in [-0.2, 0) is 6.42 Å². The fraction of sp³-hybridized carbons (Fsp3) is 0.615.